The van der Waals surface area contributed by atoms with Gasteiger partial charge < -0.3 is 19.1 Å². The van der Waals surface area contributed by atoms with Crippen LogP contribution in [0.3, 0.4) is 0 Å². The number of aromatic nitrogens is 1. The van der Waals surface area contributed by atoms with Crippen molar-refractivity contribution in [3.05, 3.63) is 16.1 Å². The van der Waals surface area contributed by atoms with Crippen LogP contribution in [0.15, 0.2) is 6.20 Å². The summed E-state index contributed by atoms with van der Waals surface area (Å²) in [6.45, 7) is 4.72. The highest BCUT2D eigenvalue weighted by atomic mass is 32.2. The minimum Gasteiger partial charge on any atom is -0.455 e. The smallest absolute Gasteiger partial charge is 0.330 e. The Bertz CT molecular complexity index is 602. The van der Waals surface area contributed by atoms with Crippen molar-refractivity contribution < 1.29 is 23.8 Å². The average molecular weight is 372 g/mol. The molecule has 132 valence electrons. The van der Waals surface area contributed by atoms with Crippen molar-refractivity contribution in [1.29, 1.82) is 0 Å². The Morgan fingerprint density at radius 3 is 2.92 bits per heavy atom. The summed E-state index contributed by atoms with van der Waals surface area (Å²) in [5.74, 6) is 0.736. The molecule has 3 heterocycles. The van der Waals surface area contributed by atoms with Crippen LogP contribution in [-0.4, -0.2) is 52.6 Å². The minimum absolute atomic E-state index is 0.0230. The number of rotatable bonds is 5. The lowest BCUT2D eigenvalue weighted by Gasteiger charge is -2.23. The number of ether oxygens (including phenoxy) is 3. The van der Waals surface area contributed by atoms with Gasteiger partial charge >= 0.3 is 5.97 Å². The Kier molecular flexibility index (Phi) is 5.75. The van der Waals surface area contributed by atoms with Gasteiger partial charge in [-0.15, -0.1) is 23.1 Å². The number of amides is 1. The molecule has 1 amide bonds. The molecule has 0 unspecified atom stereocenters. The van der Waals surface area contributed by atoms with Gasteiger partial charge in [-0.05, 0) is 6.92 Å². The third kappa shape index (κ3) is 3.74. The van der Waals surface area contributed by atoms with Crippen molar-refractivity contribution in [2.45, 2.75) is 38.7 Å². The first kappa shape index (κ1) is 17.7. The summed E-state index contributed by atoms with van der Waals surface area (Å²) in [7, 11) is 0. The summed E-state index contributed by atoms with van der Waals surface area (Å²) in [4.78, 5) is 31.0. The van der Waals surface area contributed by atoms with Crippen LogP contribution in [0.4, 0.5) is 0 Å². The fraction of sp³-hybridized carbons (Fsp3) is 0.667. The molecule has 7 nitrogen and oxygen atoms in total. The van der Waals surface area contributed by atoms with Crippen molar-refractivity contribution in [3.63, 3.8) is 0 Å². The molecule has 0 N–H and O–H groups in total. The summed E-state index contributed by atoms with van der Waals surface area (Å²) < 4.78 is 16.4. The van der Waals surface area contributed by atoms with E-state index < -0.39 is 18.4 Å². The van der Waals surface area contributed by atoms with Gasteiger partial charge in [0.25, 0.3) is 0 Å². The molecule has 0 radical (unpaired) electrons. The van der Waals surface area contributed by atoms with E-state index in [0.29, 0.717) is 31.3 Å². The van der Waals surface area contributed by atoms with E-state index in [4.69, 9.17) is 14.2 Å². The molecule has 0 aromatic carbocycles. The molecular formula is C15H20N2O5S2. The maximum atomic E-state index is 12.4. The molecule has 24 heavy (non-hydrogen) atoms. The molecule has 1 aromatic rings. The number of carbonyl (C=O) groups excluding carboxylic acids is 2. The normalized spacial score (nSPS) is 22.8. The predicted molar refractivity (Wildman–Crippen MR) is 89.5 cm³/mol. The average Bonchev–Trinajstić information content (AvgIpc) is 3.34. The summed E-state index contributed by atoms with van der Waals surface area (Å²) in [6.07, 6.45) is 1.23. The van der Waals surface area contributed by atoms with Gasteiger partial charge in [0.1, 0.15) is 17.2 Å². The highest BCUT2D eigenvalue weighted by molar-refractivity contribution is 7.99. The summed E-state index contributed by atoms with van der Waals surface area (Å²) in [5, 5.41) is 0.726. The van der Waals surface area contributed by atoms with Crippen molar-refractivity contribution in [3.8, 4) is 0 Å². The molecule has 0 bridgehead atoms. The molecule has 2 fully saturated rings. The van der Waals surface area contributed by atoms with Crippen molar-refractivity contribution >= 4 is 35.0 Å². The number of hydrogen-bond acceptors (Lipinski definition) is 8. The van der Waals surface area contributed by atoms with E-state index >= 15 is 0 Å². The maximum Gasteiger partial charge on any atom is 0.330 e. The number of thioether (sulfide) groups is 1. The second-order valence-corrected chi connectivity index (χ2v) is 7.58. The number of nitrogens with zero attached hydrogens (tertiary/aromatic N) is 2. The third-order valence-electron chi connectivity index (χ3n) is 3.84. The Morgan fingerprint density at radius 2 is 2.21 bits per heavy atom. The summed E-state index contributed by atoms with van der Waals surface area (Å²) in [5.41, 5.74) is 0. The number of hydrogen-bond donors (Lipinski definition) is 0. The lowest BCUT2D eigenvalue weighted by atomic mass is 10.2. The standard InChI is InChI=1S/C15H20N2O5S2/c1-3-12(18)17-8-23-7-10(17)14(19)22-9(2)11-6-16-13(24-11)15-20-4-5-21-15/h6,9-10,15H,3-5,7-8H2,1-2H3/t9-,10-/m1/s1. The first-order chi connectivity index (χ1) is 11.6. The molecule has 0 spiro atoms. The van der Waals surface area contributed by atoms with Crippen molar-refractivity contribution in [2.24, 2.45) is 0 Å². The van der Waals surface area contributed by atoms with Crippen LogP contribution < -0.4 is 0 Å². The van der Waals surface area contributed by atoms with Gasteiger partial charge in [-0.3, -0.25) is 4.79 Å². The maximum absolute atomic E-state index is 12.4. The third-order valence-corrected chi connectivity index (χ3v) is 6.03. The molecule has 3 rings (SSSR count). The molecule has 2 saturated heterocycles. The molecular weight excluding hydrogens is 352 g/mol. The lowest BCUT2D eigenvalue weighted by Crippen LogP contribution is -2.42. The Morgan fingerprint density at radius 1 is 1.46 bits per heavy atom. The predicted octanol–water partition coefficient (Wildman–Crippen LogP) is 2.10. The molecule has 2 aliphatic rings. The molecule has 2 aliphatic heterocycles. The van der Waals surface area contributed by atoms with Crippen LogP contribution in [0.1, 0.15) is 42.5 Å². The minimum atomic E-state index is -0.501. The lowest BCUT2D eigenvalue weighted by molar-refractivity contribution is -0.157. The number of thiazole rings is 1. The van der Waals surface area contributed by atoms with Gasteiger partial charge in [-0.2, -0.15) is 0 Å². The summed E-state index contributed by atoms with van der Waals surface area (Å²) in [6, 6.07) is -0.501. The Balaban J connectivity index is 1.60. The Hall–Kier alpha value is -1.16. The van der Waals surface area contributed by atoms with E-state index in [1.54, 1.807) is 36.7 Å². The van der Waals surface area contributed by atoms with E-state index in [9.17, 15) is 9.59 Å². The van der Waals surface area contributed by atoms with E-state index in [0.717, 1.165) is 9.88 Å². The van der Waals surface area contributed by atoms with Gasteiger partial charge in [0.15, 0.2) is 0 Å². The number of carbonyl (C=O) groups is 2. The van der Waals surface area contributed by atoms with E-state index in [2.05, 4.69) is 4.98 Å². The largest absolute Gasteiger partial charge is 0.455 e. The SMILES string of the molecule is CCC(=O)N1CSC[C@@H]1C(=O)O[C@H](C)c1cnc(C2OCCO2)s1. The van der Waals surface area contributed by atoms with Crippen LogP contribution in [0, 0.1) is 0 Å². The monoisotopic (exact) mass is 372 g/mol. The van der Waals surface area contributed by atoms with Gasteiger partial charge in [0.05, 0.1) is 24.0 Å². The van der Waals surface area contributed by atoms with Crippen LogP contribution in [0.5, 0.6) is 0 Å². The van der Waals surface area contributed by atoms with Gasteiger partial charge in [0, 0.05) is 18.4 Å². The second-order valence-electron chi connectivity index (χ2n) is 5.49. The second kappa shape index (κ2) is 7.81. The highest BCUT2D eigenvalue weighted by Crippen LogP contribution is 2.32. The highest BCUT2D eigenvalue weighted by Gasteiger charge is 2.36. The van der Waals surface area contributed by atoms with Crippen LogP contribution in [0.25, 0.3) is 0 Å². The van der Waals surface area contributed by atoms with Crippen LogP contribution in [-0.2, 0) is 23.8 Å². The molecule has 9 heteroatoms. The molecule has 1 aromatic heterocycles. The number of esters is 1. The zero-order chi connectivity index (χ0) is 17.1. The van der Waals surface area contributed by atoms with Crippen molar-refractivity contribution in [2.75, 3.05) is 24.8 Å². The molecule has 0 aliphatic carbocycles. The van der Waals surface area contributed by atoms with Crippen molar-refractivity contribution in [1.82, 2.24) is 9.88 Å². The van der Waals surface area contributed by atoms with Gasteiger partial charge in [-0.25, -0.2) is 9.78 Å². The van der Waals surface area contributed by atoms with E-state index in [-0.39, 0.29) is 11.9 Å². The van der Waals surface area contributed by atoms with Crippen LogP contribution >= 0.6 is 23.1 Å². The van der Waals surface area contributed by atoms with Crippen LogP contribution in [0.2, 0.25) is 0 Å². The fourth-order valence-electron chi connectivity index (χ4n) is 2.50. The fourth-order valence-corrected chi connectivity index (χ4v) is 4.56. The van der Waals surface area contributed by atoms with E-state index in [1.807, 2.05) is 0 Å². The first-order valence-corrected chi connectivity index (χ1v) is 9.83. The molecule has 2 atom stereocenters. The Labute approximate surface area is 148 Å². The topological polar surface area (TPSA) is 78.0 Å². The summed E-state index contributed by atoms with van der Waals surface area (Å²) >= 11 is 2.98. The van der Waals surface area contributed by atoms with Gasteiger partial charge in [0.2, 0.25) is 12.2 Å². The quantitative estimate of drug-likeness (QED) is 0.733. The zero-order valence-electron chi connectivity index (χ0n) is 13.6. The molecule has 0 saturated carbocycles. The van der Waals surface area contributed by atoms with Gasteiger partial charge in [-0.1, -0.05) is 6.92 Å². The van der Waals surface area contributed by atoms with E-state index in [1.165, 1.54) is 11.3 Å². The first-order valence-electron chi connectivity index (χ1n) is 7.86. The zero-order valence-corrected chi connectivity index (χ0v) is 15.2.